The van der Waals surface area contributed by atoms with Gasteiger partial charge in [-0.25, -0.2) is 8.78 Å². The molecule has 198 valence electrons. The van der Waals surface area contributed by atoms with E-state index in [0.717, 1.165) is 54.5 Å². The van der Waals surface area contributed by atoms with Crippen LogP contribution in [0.1, 0.15) is 42.4 Å². The normalized spacial score (nSPS) is 18.9. The molecule has 0 atom stereocenters. The van der Waals surface area contributed by atoms with Crippen molar-refractivity contribution >= 4 is 22.5 Å². The molecule has 5 nitrogen and oxygen atoms in total. The van der Waals surface area contributed by atoms with Crippen molar-refractivity contribution in [1.82, 2.24) is 15.2 Å². The lowest BCUT2D eigenvalue weighted by molar-refractivity contribution is -0.130. The van der Waals surface area contributed by atoms with Gasteiger partial charge in [-0.15, -0.1) is 0 Å². The summed E-state index contributed by atoms with van der Waals surface area (Å²) in [6, 6.07) is 12.3. The van der Waals surface area contributed by atoms with Gasteiger partial charge in [0.25, 0.3) is 5.91 Å². The Morgan fingerprint density at radius 2 is 1.76 bits per heavy atom. The molecule has 2 aliphatic rings. The number of amides is 1. The predicted molar refractivity (Wildman–Crippen MR) is 145 cm³/mol. The summed E-state index contributed by atoms with van der Waals surface area (Å²) in [5.74, 6) is -0.787. The zero-order valence-electron chi connectivity index (χ0n) is 21.4. The zero-order valence-corrected chi connectivity index (χ0v) is 22.2. The summed E-state index contributed by atoms with van der Waals surface area (Å²) in [5, 5.41) is 3.33. The number of methoxy groups -OCH3 is 1. The van der Waals surface area contributed by atoms with Gasteiger partial charge >= 0.3 is 0 Å². The van der Waals surface area contributed by atoms with Crippen LogP contribution in [0, 0.1) is 11.6 Å². The van der Waals surface area contributed by atoms with Crippen LogP contribution in [0.5, 0.6) is 5.75 Å². The minimum Gasteiger partial charge on any atom is -0.497 e. The molecule has 0 radical (unpaired) electrons. The van der Waals surface area contributed by atoms with Crippen LogP contribution in [0.25, 0.3) is 16.2 Å². The summed E-state index contributed by atoms with van der Waals surface area (Å²) in [4.78, 5) is 20.0. The Labute approximate surface area is 226 Å². The molecule has 2 aliphatic carbocycles. The van der Waals surface area contributed by atoms with E-state index in [-0.39, 0.29) is 40.1 Å². The largest absolute Gasteiger partial charge is 0.497 e. The lowest BCUT2D eigenvalue weighted by atomic mass is 9.89. The minimum atomic E-state index is -0.620. The molecule has 38 heavy (non-hydrogen) atoms. The third-order valence-electron chi connectivity index (χ3n) is 7.68. The van der Waals surface area contributed by atoms with Crippen LogP contribution in [0.15, 0.2) is 60.4 Å². The first-order valence-corrected chi connectivity index (χ1v) is 13.2. The number of fused-ring (bicyclic) bond motifs is 1. The molecule has 0 unspecified atom stereocenters. The fourth-order valence-corrected chi connectivity index (χ4v) is 5.92. The molecule has 1 saturated carbocycles. The van der Waals surface area contributed by atoms with Crippen molar-refractivity contribution in [2.45, 2.75) is 50.7 Å². The van der Waals surface area contributed by atoms with Crippen molar-refractivity contribution in [1.29, 1.82) is 0 Å². The summed E-state index contributed by atoms with van der Waals surface area (Å²) in [6.45, 7) is 0.317. The standard InChI is InChI=1S/C30H30ClF2N3O2/c1-34-21-3-5-22(6-4-21)36(30(37)25-16-24-26(32)7-8-27(33)28(24)29(25)31)17-18-13-20(15-23(14-18)38-2)19-9-11-35-12-10-19/h7-15,21-22,34H,3-6,16-17H2,1-2H3/t21-,22+. The first kappa shape index (κ1) is 26.3. The first-order valence-electron chi connectivity index (χ1n) is 12.8. The quantitative estimate of drug-likeness (QED) is 0.395. The molecule has 1 fully saturated rings. The van der Waals surface area contributed by atoms with Gasteiger partial charge in [0.1, 0.15) is 17.4 Å². The van der Waals surface area contributed by atoms with Gasteiger partial charge in [-0.05, 0) is 91.9 Å². The SMILES string of the molecule is CN[C@H]1CC[C@@H](N(Cc2cc(OC)cc(-c3ccncc3)c2)C(=O)C2=C(Cl)c3c(F)ccc(F)c3C2)CC1. The molecular formula is C30H30ClF2N3O2. The van der Waals surface area contributed by atoms with E-state index in [9.17, 15) is 13.6 Å². The van der Waals surface area contributed by atoms with Crippen LogP contribution in [-0.4, -0.2) is 42.0 Å². The van der Waals surface area contributed by atoms with Gasteiger partial charge in [-0.1, -0.05) is 11.6 Å². The topological polar surface area (TPSA) is 54.5 Å². The number of hydrogen-bond donors (Lipinski definition) is 1. The molecule has 3 aromatic rings. The summed E-state index contributed by atoms with van der Waals surface area (Å²) < 4.78 is 34.7. The maximum Gasteiger partial charge on any atom is 0.252 e. The second-order valence-electron chi connectivity index (χ2n) is 9.88. The molecule has 0 bridgehead atoms. The Bertz CT molecular complexity index is 1370. The number of benzene rings is 2. The van der Waals surface area contributed by atoms with Crippen LogP contribution in [0.3, 0.4) is 0 Å². The maximum atomic E-state index is 14.6. The highest BCUT2D eigenvalue weighted by Crippen LogP contribution is 2.40. The second-order valence-corrected chi connectivity index (χ2v) is 10.3. The summed E-state index contributed by atoms with van der Waals surface area (Å²) in [7, 11) is 3.56. The molecule has 1 heterocycles. The number of aromatic nitrogens is 1. The summed E-state index contributed by atoms with van der Waals surface area (Å²) in [6.07, 6.45) is 6.94. The lowest BCUT2D eigenvalue weighted by Gasteiger charge is -2.37. The van der Waals surface area contributed by atoms with E-state index in [1.54, 1.807) is 19.5 Å². The fraction of sp³-hybridized carbons (Fsp3) is 0.333. The molecule has 1 N–H and O–H groups in total. The lowest BCUT2D eigenvalue weighted by Crippen LogP contribution is -2.45. The second kappa shape index (κ2) is 11.2. The van der Waals surface area contributed by atoms with Gasteiger partial charge in [0, 0.05) is 54.1 Å². The highest BCUT2D eigenvalue weighted by molar-refractivity contribution is 6.52. The average molecular weight is 538 g/mol. The van der Waals surface area contributed by atoms with E-state index in [1.165, 1.54) is 0 Å². The maximum absolute atomic E-state index is 14.6. The van der Waals surface area contributed by atoms with Gasteiger partial charge in [-0.2, -0.15) is 0 Å². The minimum absolute atomic E-state index is 0.000900. The van der Waals surface area contributed by atoms with Crippen LogP contribution < -0.4 is 10.1 Å². The van der Waals surface area contributed by atoms with Crippen molar-refractivity contribution in [3.05, 3.63) is 88.8 Å². The Kier molecular flexibility index (Phi) is 7.77. The number of nitrogens with zero attached hydrogens (tertiary/aromatic N) is 2. The molecule has 1 aromatic heterocycles. The summed E-state index contributed by atoms with van der Waals surface area (Å²) in [5.41, 5.74) is 3.19. The van der Waals surface area contributed by atoms with E-state index in [0.29, 0.717) is 18.3 Å². The molecular weight excluding hydrogens is 508 g/mol. The number of carbonyl (C=O) groups is 1. The zero-order chi connectivity index (χ0) is 26.8. The van der Waals surface area contributed by atoms with Crippen LogP contribution in [0.2, 0.25) is 0 Å². The number of hydrogen-bond acceptors (Lipinski definition) is 4. The molecule has 1 amide bonds. The van der Waals surface area contributed by atoms with E-state index >= 15 is 0 Å². The Morgan fingerprint density at radius 1 is 1.05 bits per heavy atom. The Balaban J connectivity index is 1.51. The molecule has 8 heteroatoms. The monoisotopic (exact) mass is 537 g/mol. The molecule has 0 spiro atoms. The highest BCUT2D eigenvalue weighted by Gasteiger charge is 2.36. The van der Waals surface area contributed by atoms with Crippen LogP contribution in [-0.2, 0) is 17.8 Å². The smallest absolute Gasteiger partial charge is 0.252 e. The predicted octanol–water partition coefficient (Wildman–Crippen LogP) is 6.10. The summed E-state index contributed by atoms with van der Waals surface area (Å²) >= 11 is 6.55. The highest BCUT2D eigenvalue weighted by atomic mass is 35.5. The van der Waals surface area contributed by atoms with Gasteiger partial charge in [0.05, 0.1) is 12.1 Å². The van der Waals surface area contributed by atoms with E-state index in [1.807, 2.05) is 42.3 Å². The van der Waals surface area contributed by atoms with Gasteiger partial charge < -0.3 is 15.0 Å². The van der Waals surface area contributed by atoms with Crippen LogP contribution >= 0.6 is 11.6 Å². The Morgan fingerprint density at radius 3 is 2.42 bits per heavy atom. The van der Waals surface area contributed by atoms with Crippen LogP contribution in [0.4, 0.5) is 8.78 Å². The third kappa shape index (κ3) is 5.18. The molecule has 0 saturated heterocycles. The molecule has 0 aliphatic heterocycles. The van der Waals surface area contributed by atoms with Gasteiger partial charge in [-0.3, -0.25) is 9.78 Å². The number of pyridine rings is 1. The van der Waals surface area contributed by atoms with E-state index < -0.39 is 11.6 Å². The van der Waals surface area contributed by atoms with Crippen molar-refractivity contribution in [3.63, 3.8) is 0 Å². The van der Waals surface area contributed by atoms with Crippen molar-refractivity contribution in [3.8, 4) is 16.9 Å². The van der Waals surface area contributed by atoms with E-state index in [2.05, 4.69) is 10.3 Å². The first-order chi connectivity index (χ1) is 18.4. The average Bonchev–Trinajstić information content (AvgIpc) is 3.32. The molecule has 2 aromatic carbocycles. The van der Waals surface area contributed by atoms with Crippen molar-refractivity contribution in [2.24, 2.45) is 0 Å². The number of nitrogens with one attached hydrogen (secondary N) is 1. The number of carbonyl (C=O) groups excluding carboxylic acids is 1. The van der Waals surface area contributed by atoms with Crippen molar-refractivity contribution in [2.75, 3.05) is 14.2 Å². The fourth-order valence-electron chi connectivity index (χ4n) is 5.57. The van der Waals surface area contributed by atoms with Crippen molar-refractivity contribution < 1.29 is 18.3 Å². The van der Waals surface area contributed by atoms with Gasteiger partial charge in [0.2, 0.25) is 0 Å². The third-order valence-corrected chi connectivity index (χ3v) is 8.09. The van der Waals surface area contributed by atoms with Gasteiger partial charge in [0.15, 0.2) is 0 Å². The number of halogens is 3. The van der Waals surface area contributed by atoms with E-state index in [4.69, 9.17) is 16.3 Å². The number of rotatable bonds is 7. The number of ether oxygens (including phenoxy) is 1. The Hall–Kier alpha value is -3.29. The molecule has 5 rings (SSSR count).